The van der Waals surface area contributed by atoms with Crippen molar-refractivity contribution in [2.75, 3.05) is 0 Å². The van der Waals surface area contributed by atoms with Gasteiger partial charge in [0.2, 0.25) is 0 Å². The van der Waals surface area contributed by atoms with E-state index in [1.54, 1.807) is 0 Å². The van der Waals surface area contributed by atoms with Gasteiger partial charge in [-0.3, -0.25) is 0 Å². The van der Waals surface area contributed by atoms with E-state index in [9.17, 15) is 5.11 Å². The van der Waals surface area contributed by atoms with Gasteiger partial charge in [0, 0.05) is 0 Å². The molecule has 1 fully saturated rings. The summed E-state index contributed by atoms with van der Waals surface area (Å²) in [4.78, 5) is 0. The van der Waals surface area contributed by atoms with Crippen molar-refractivity contribution in [3.63, 3.8) is 0 Å². The smallest absolute Gasteiger partial charge is 0.0896 e. The van der Waals surface area contributed by atoms with Crippen LogP contribution in [-0.2, 0) is 5.60 Å². The average molecular weight is 212 g/mol. The molecule has 1 aliphatic rings. The minimum absolute atomic E-state index is 0.452. The molecule has 1 aliphatic carbocycles. The van der Waals surface area contributed by atoms with Gasteiger partial charge in [0.1, 0.15) is 0 Å². The number of fused-ring (bicyclic) bond motifs is 1. The quantitative estimate of drug-likeness (QED) is 0.808. The molecule has 2 aromatic rings. The Balaban J connectivity index is 2.11. The van der Waals surface area contributed by atoms with Crippen molar-refractivity contribution in [1.82, 2.24) is 0 Å². The van der Waals surface area contributed by atoms with E-state index in [0.717, 1.165) is 18.4 Å². The maximum absolute atomic E-state index is 10.5. The van der Waals surface area contributed by atoms with Gasteiger partial charge in [0.15, 0.2) is 0 Å². The average Bonchev–Trinajstić information content (AvgIpc) is 3.12. The fraction of sp³-hybridized carbons (Fsp3) is 0.333. The van der Waals surface area contributed by atoms with Crippen molar-refractivity contribution >= 4 is 10.8 Å². The molecule has 0 aromatic heterocycles. The van der Waals surface area contributed by atoms with Crippen molar-refractivity contribution in [2.24, 2.45) is 5.92 Å². The van der Waals surface area contributed by atoms with Crippen molar-refractivity contribution in [2.45, 2.75) is 25.4 Å². The van der Waals surface area contributed by atoms with Crippen LogP contribution in [0, 0.1) is 5.92 Å². The predicted molar refractivity (Wildman–Crippen MR) is 66.2 cm³/mol. The largest absolute Gasteiger partial charge is 0.385 e. The van der Waals surface area contributed by atoms with Crippen LogP contribution in [0.1, 0.15) is 25.3 Å². The van der Waals surface area contributed by atoms with Gasteiger partial charge in [-0.15, -0.1) is 0 Å². The van der Waals surface area contributed by atoms with Crippen molar-refractivity contribution in [3.05, 3.63) is 48.0 Å². The number of benzene rings is 2. The SMILES string of the molecule is CC(O)(c1ccc2ccccc2c1)C1CC1. The lowest BCUT2D eigenvalue weighted by atomic mass is 9.89. The molecule has 1 atom stereocenters. The van der Waals surface area contributed by atoms with Crippen LogP contribution in [-0.4, -0.2) is 5.11 Å². The minimum atomic E-state index is -0.649. The van der Waals surface area contributed by atoms with Crippen LogP contribution in [0.5, 0.6) is 0 Å². The first kappa shape index (κ1) is 9.86. The number of rotatable bonds is 2. The molecule has 0 spiro atoms. The van der Waals surface area contributed by atoms with Gasteiger partial charge in [-0.25, -0.2) is 0 Å². The Morgan fingerprint density at radius 2 is 1.75 bits per heavy atom. The van der Waals surface area contributed by atoms with Gasteiger partial charge >= 0.3 is 0 Å². The Bertz CT molecular complexity index is 524. The fourth-order valence-corrected chi connectivity index (χ4v) is 2.39. The van der Waals surface area contributed by atoms with Crippen molar-refractivity contribution in [1.29, 1.82) is 0 Å². The Kier molecular flexibility index (Phi) is 2.05. The van der Waals surface area contributed by atoms with Gasteiger partial charge in [0.25, 0.3) is 0 Å². The van der Waals surface area contributed by atoms with Gasteiger partial charge in [-0.1, -0.05) is 36.4 Å². The zero-order valence-corrected chi connectivity index (χ0v) is 9.48. The Labute approximate surface area is 95.7 Å². The second kappa shape index (κ2) is 3.33. The summed E-state index contributed by atoms with van der Waals surface area (Å²) in [6, 6.07) is 14.6. The first-order chi connectivity index (χ1) is 7.68. The molecule has 0 heterocycles. The third-order valence-electron chi connectivity index (χ3n) is 3.71. The molecule has 1 unspecified atom stereocenters. The lowest BCUT2D eigenvalue weighted by Gasteiger charge is -2.23. The minimum Gasteiger partial charge on any atom is -0.385 e. The van der Waals surface area contributed by atoms with Gasteiger partial charge in [-0.2, -0.15) is 0 Å². The monoisotopic (exact) mass is 212 g/mol. The lowest BCUT2D eigenvalue weighted by molar-refractivity contribution is 0.0332. The number of aliphatic hydroxyl groups is 1. The van der Waals surface area contributed by atoms with Crippen LogP contribution in [0.4, 0.5) is 0 Å². The summed E-state index contributed by atoms with van der Waals surface area (Å²) in [5.41, 5.74) is 0.401. The molecule has 1 saturated carbocycles. The molecule has 0 aliphatic heterocycles. The number of hydrogen-bond donors (Lipinski definition) is 1. The molecular weight excluding hydrogens is 196 g/mol. The van der Waals surface area contributed by atoms with Crippen LogP contribution < -0.4 is 0 Å². The predicted octanol–water partition coefficient (Wildman–Crippen LogP) is 3.46. The molecule has 2 aromatic carbocycles. The topological polar surface area (TPSA) is 20.2 Å². The molecule has 0 amide bonds. The second-order valence-electron chi connectivity index (χ2n) is 4.98. The third-order valence-corrected chi connectivity index (χ3v) is 3.71. The molecule has 1 nitrogen and oxygen atoms in total. The molecule has 82 valence electrons. The summed E-state index contributed by atoms with van der Waals surface area (Å²) in [6.07, 6.45) is 2.31. The summed E-state index contributed by atoms with van der Waals surface area (Å²) in [5, 5.41) is 12.9. The van der Waals surface area contributed by atoms with Crippen LogP contribution in [0.25, 0.3) is 10.8 Å². The van der Waals surface area contributed by atoms with E-state index in [0.29, 0.717) is 5.92 Å². The van der Waals surface area contributed by atoms with Gasteiger partial charge in [-0.05, 0) is 48.1 Å². The van der Waals surface area contributed by atoms with Crippen LogP contribution in [0.15, 0.2) is 42.5 Å². The highest BCUT2D eigenvalue weighted by molar-refractivity contribution is 5.83. The van der Waals surface area contributed by atoms with E-state index >= 15 is 0 Å². The normalized spacial score (nSPS) is 19.6. The van der Waals surface area contributed by atoms with Crippen molar-refractivity contribution < 1.29 is 5.11 Å². The van der Waals surface area contributed by atoms with E-state index < -0.39 is 5.60 Å². The zero-order valence-electron chi connectivity index (χ0n) is 9.48. The Hall–Kier alpha value is -1.34. The highest BCUT2D eigenvalue weighted by Gasteiger charge is 2.41. The van der Waals surface area contributed by atoms with Gasteiger partial charge < -0.3 is 5.11 Å². The lowest BCUT2D eigenvalue weighted by Crippen LogP contribution is -2.23. The first-order valence-corrected chi connectivity index (χ1v) is 5.89. The van der Waals surface area contributed by atoms with E-state index in [-0.39, 0.29) is 0 Å². The molecule has 3 rings (SSSR count). The summed E-state index contributed by atoms with van der Waals surface area (Å²) in [5.74, 6) is 0.452. The van der Waals surface area contributed by atoms with Crippen molar-refractivity contribution in [3.8, 4) is 0 Å². The standard InChI is InChI=1S/C15H16O/c1-15(16,13-8-9-13)14-7-6-11-4-2-3-5-12(11)10-14/h2-7,10,13,16H,8-9H2,1H3. The maximum Gasteiger partial charge on any atom is 0.0896 e. The summed E-state index contributed by atoms with van der Waals surface area (Å²) in [6.45, 7) is 1.94. The highest BCUT2D eigenvalue weighted by Crippen LogP contribution is 2.45. The summed E-state index contributed by atoms with van der Waals surface area (Å²) in [7, 11) is 0. The molecule has 0 radical (unpaired) electrons. The van der Waals surface area contributed by atoms with Crippen LogP contribution in [0.3, 0.4) is 0 Å². The number of hydrogen-bond acceptors (Lipinski definition) is 1. The Morgan fingerprint density at radius 3 is 2.44 bits per heavy atom. The molecule has 1 N–H and O–H groups in total. The summed E-state index contributed by atoms with van der Waals surface area (Å²) >= 11 is 0. The molecule has 0 bridgehead atoms. The van der Waals surface area contributed by atoms with E-state index in [1.165, 1.54) is 10.8 Å². The molecular formula is C15H16O. The third kappa shape index (κ3) is 1.52. The second-order valence-corrected chi connectivity index (χ2v) is 4.98. The van der Waals surface area contributed by atoms with E-state index in [1.807, 2.05) is 19.1 Å². The zero-order chi connectivity index (χ0) is 11.2. The Morgan fingerprint density at radius 1 is 1.06 bits per heavy atom. The molecule has 1 heteroatoms. The maximum atomic E-state index is 10.5. The molecule has 16 heavy (non-hydrogen) atoms. The summed E-state index contributed by atoms with van der Waals surface area (Å²) < 4.78 is 0. The van der Waals surface area contributed by atoms with Crippen LogP contribution in [0.2, 0.25) is 0 Å². The van der Waals surface area contributed by atoms with E-state index in [2.05, 4.69) is 30.3 Å². The van der Waals surface area contributed by atoms with E-state index in [4.69, 9.17) is 0 Å². The highest BCUT2D eigenvalue weighted by atomic mass is 16.3. The van der Waals surface area contributed by atoms with Gasteiger partial charge in [0.05, 0.1) is 5.60 Å². The molecule has 0 saturated heterocycles. The fourth-order valence-electron chi connectivity index (χ4n) is 2.39. The first-order valence-electron chi connectivity index (χ1n) is 5.89. The van der Waals surface area contributed by atoms with Crippen LogP contribution >= 0.6 is 0 Å².